The number of nitrogens with one attached hydrogen (secondary N) is 1. The summed E-state index contributed by atoms with van der Waals surface area (Å²) in [6.07, 6.45) is 1.87. The molecule has 2 heterocycles. The van der Waals surface area contributed by atoms with Gasteiger partial charge in [-0.3, -0.25) is 4.79 Å². The zero-order valence-corrected chi connectivity index (χ0v) is 16.8. The summed E-state index contributed by atoms with van der Waals surface area (Å²) in [5.41, 5.74) is 4.56. The Morgan fingerprint density at radius 3 is 2.53 bits per heavy atom. The Kier molecular flexibility index (Phi) is 5.37. The molecule has 1 aliphatic carbocycles. The molecule has 8 nitrogen and oxygen atoms in total. The average molecular weight is 402 g/mol. The van der Waals surface area contributed by atoms with E-state index in [2.05, 4.69) is 11.4 Å². The molecule has 0 bridgehead atoms. The van der Waals surface area contributed by atoms with Crippen LogP contribution in [0.2, 0.25) is 0 Å². The molecule has 0 saturated heterocycles. The van der Waals surface area contributed by atoms with E-state index in [0.29, 0.717) is 29.9 Å². The van der Waals surface area contributed by atoms with Crippen LogP contribution in [0.25, 0.3) is 0 Å². The lowest BCUT2D eigenvalue weighted by molar-refractivity contribution is -0.125. The van der Waals surface area contributed by atoms with Crippen molar-refractivity contribution in [2.75, 3.05) is 32.1 Å². The van der Waals surface area contributed by atoms with E-state index in [1.807, 2.05) is 30.2 Å². The third kappa shape index (κ3) is 2.47. The fourth-order valence-electron chi connectivity index (χ4n) is 4.79. The normalized spacial score (nSPS) is 26.1. The molecule has 8 heteroatoms. The minimum atomic E-state index is -1.98. The number of allylic oxidation sites excluding steroid dienone is 2. The third-order valence-electron chi connectivity index (χ3n) is 5.97. The lowest BCUT2D eigenvalue weighted by Crippen LogP contribution is -2.62. The highest BCUT2D eigenvalue weighted by molar-refractivity contribution is 6.09. The van der Waals surface area contributed by atoms with Gasteiger partial charge in [-0.05, 0) is 31.2 Å². The van der Waals surface area contributed by atoms with Crippen molar-refractivity contribution in [3.63, 3.8) is 0 Å². The number of hydrogen-bond donors (Lipinski definition) is 3. The lowest BCUT2D eigenvalue weighted by atomic mass is 9.48. The first-order valence-electron chi connectivity index (χ1n) is 9.53. The smallest absolute Gasteiger partial charge is 0.238 e. The first kappa shape index (κ1) is 21.1. The Labute approximate surface area is 175 Å². The summed E-state index contributed by atoms with van der Waals surface area (Å²) in [5.74, 6) is -0.973. The molecular formula is C22H22N6O2. The van der Waals surface area contributed by atoms with Gasteiger partial charge < -0.3 is 21.1 Å². The number of nitrogens with zero attached hydrogens (tertiary/aromatic N) is 4. The van der Waals surface area contributed by atoms with Gasteiger partial charge in [0.1, 0.15) is 11.5 Å². The predicted molar refractivity (Wildman–Crippen MR) is 109 cm³/mol. The number of nitriles is 3. The van der Waals surface area contributed by atoms with E-state index < -0.39 is 22.7 Å². The van der Waals surface area contributed by atoms with Crippen molar-refractivity contribution in [1.29, 1.82) is 15.8 Å². The van der Waals surface area contributed by atoms with Gasteiger partial charge in [0.2, 0.25) is 11.3 Å². The molecule has 0 radical (unpaired) electrons. The monoisotopic (exact) mass is 402 g/mol. The second-order valence-corrected chi connectivity index (χ2v) is 7.43. The maximum atomic E-state index is 13.4. The fraction of sp³-hybridized carbons (Fsp3) is 0.364. The number of fused-ring (bicyclic) bond motifs is 4. The summed E-state index contributed by atoms with van der Waals surface area (Å²) in [4.78, 5) is 15.4. The van der Waals surface area contributed by atoms with Gasteiger partial charge in [0.15, 0.2) is 0 Å². The minimum Gasteiger partial charge on any atom is -0.399 e. The third-order valence-corrected chi connectivity index (χ3v) is 5.97. The number of amides is 1. The van der Waals surface area contributed by atoms with E-state index in [-0.39, 0.29) is 17.9 Å². The van der Waals surface area contributed by atoms with Crippen LogP contribution in [0.4, 0.5) is 5.69 Å². The Morgan fingerprint density at radius 1 is 1.30 bits per heavy atom. The molecule has 0 aromatic heterocycles. The number of carbonyl (C=O) groups excluding carboxylic acids is 1. The van der Waals surface area contributed by atoms with Gasteiger partial charge in [-0.25, -0.2) is 0 Å². The number of nitrogens with two attached hydrogens (primary N) is 1. The minimum absolute atomic E-state index is 0.138. The molecule has 1 amide bonds. The number of carbonyl (C=O) groups is 1. The van der Waals surface area contributed by atoms with Gasteiger partial charge in [0.25, 0.3) is 0 Å². The van der Waals surface area contributed by atoms with E-state index in [4.69, 9.17) is 10.8 Å². The summed E-state index contributed by atoms with van der Waals surface area (Å²) < 4.78 is 0. The summed E-state index contributed by atoms with van der Waals surface area (Å²) in [7, 11) is 1.90. The van der Waals surface area contributed by atoms with Crippen LogP contribution in [0.15, 0.2) is 47.2 Å². The van der Waals surface area contributed by atoms with Crippen molar-refractivity contribution < 1.29 is 9.90 Å². The number of likely N-dealkylation sites (N-methyl/N-ethyl adjacent to an activating group) is 1. The quantitative estimate of drug-likeness (QED) is 0.589. The number of anilines is 1. The van der Waals surface area contributed by atoms with Gasteiger partial charge in [0, 0.05) is 31.3 Å². The number of para-hydroxylation sites is 1. The first-order valence-corrected chi connectivity index (χ1v) is 9.53. The maximum Gasteiger partial charge on any atom is 0.238 e. The van der Waals surface area contributed by atoms with Crippen LogP contribution in [-0.2, 0) is 10.2 Å². The first-order chi connectivity index (χ1) is 14.4. The molecule has 2 atom stereocenters. The zero-order valence-electron chi connectivity index (χ0n) is 16.8. The number of aliphatic hydroxyl groups excluding tert-OH is 1. The number of rotatable bonds is 0. The highest BCUT2D eigenvalue weighted by Crippen LogP contribution is 2.61. The molecule has 30 heavy (non-hydrogen) atoms. The van der Waals surface area contributed by atoms with E-state index in [0.717, 1.165) is 0 Å². The van der Waals surface area contributed by atoms with Gasteiger partial charge in [-0.1, -0.05) is 24.3 Å². The van der Waals surface area contributed by atoms with E-state index in [1.165, 1.54) is 0 Å². The van der Waals surface area contributed by atoms with Crippen LogP contribution in [0.3, 0.4) is 0 Å². The zero-order chi connectivity index (χ0) is 22.1. The van der Waals surface area contributed by atoms with Crippen molar-refractivity contribution in [1.82, 2.24) is 4.90 Å². The number of aliphatic hydroxyl groups is 1. The Morgan fingerprint density at radius 2 is 1.93 bits per heavy atom. The average Bonchev–Trinajstić information content (AvgIpc) is 3.04. The summed E-state index contributed by atoms with van der Waals surface area (Å²) >= 11 is 0. The Hall–Kier alpha value is -3.64. The van der Waals surface area contributed by atoms with Crippen LogP contribution in [-0.4, -0.2) is 42.7 Å². The van der Waals surface area contributed by atoms with Crippen LogP contribution >= 0.6 is 0 Å². The lowest BCUT2D eigenvalue weighted by Gasteiger charge is -2.50. The largest absolute Gasteiger partial charge is 0.399 e. The molecule has 0 fully saturated rings. The second kappa shape index (κ2) is 7.65. The van der Waals surface area contributed by atoms with Gasteiger partial charge in [0.05, 0.1) is 23.4 Å². The fourth-order valence-corrected chi connectivity index (χ4v) is 4.79. The number of benzene rings is 1. The van der Waals surface area contributed by atoms with Crippen molar-refractivity contribution in [3.05, 3.63) is 52.7 Å². The van der Waals surface area contributed by atoms with Gasteiger partial charge in [-0.15, -0.1) is 0 Å². The van der Waals surface area contributed by atoms with Crippen LogP contribution in [0, 0.1) is 45.3 Å². The summed E-state index contributed by atoms with van der Waals surface area (Å²) in [5, 5.41) is 40.4. The van der Waals surface area contributed by atoms with Gasteiger partial charge >= 0.3 is 0 Å². The van der Waals surface area contributed by atoms with Gasteiger partial charge in [-0.2, -0.15) is 15.8 Å². The second-order valence-electron chi connectivity index (χ2n) is 7.43. The Balaban J connectivity index is 0.000000806. The van der Waals surface area contributed by atoms with E-state index in [1.54, 1.807) is 31.2 Å². The van der Waals surface area contributed by atoms with Crippen LogP contribution in [0.1, 0.15) is 12.5 Å². The molecule has 1 spiro atoms. The van der Waals surface area contributed by atoms with Crippen molar-refractivity contribution in [2.45, 2.75) is 12.3 Å². The molecule has 3 aliphatic rings. The SMILES string of the molecule is CCO.CN1CC=C2C(C#N)=C(N)C(C#N)(C#N)C3(C(=O)Nc4ccccc43)C2C1. The Bertz CT molecular complexity index is 1070. The predicted octanol–water partition coefficient (Wildman–Crippen LogP) is 1.15. The van der Waals surface area contributed by atoms with Crippen molar-refractivity contribution in [2.24, 2.45) is 17.1 Å². The summed E-state index contributed by atoms with van der Waals surface area (Å²) in [6, 6.07) is 13.2. The highest BCUT2D eigenvalue weighted by Gasteiger charge is 2.71. The van der Waals surface area contributed by atoms with Crippen molar-refractivity contribution >= 4 is 11.6 Å². The van der Waals surface area contributed by atoms with E-state index in [9.17, 15) is 20.6 Å². The molecular weight excluding hydrogens is 380 g/mol. The van der Waals surface area contributed by atoms with E-state index >= 15 is 0 Å². The molecule has 152 valence electrons. The van der Waals surface area contributed by atoms with Crippen molar-refractivity contribution in [3.8, 4) is 18.2 Å². The molecule has 4 rings (SSSR count). The molecule has 0 saturated carbocycles. The molecule has 1 aromatic rings. The van der Waals surface area contributed by atoms with Crippen LogP contribution < -0.4 is 11.1 Å². The van der Waals surface area contributed by atoms with Crippen LogP contribution in [0.5, 0.6) is 0 Å². The molecule has 1 aromatic carbocycles. The topological polar surface area (TPSA) is 150 Å². The maximum absolute atomic E-state index is 13.4. The number of hydrogen-bond acceptors (Lipinski definition) is 7. The molecule has 4 N–H and O–H groups in total. The highest BCUT2D eigenvalue weighted by atomic mass is 16.2. The molecule has 2 unspecified atom stereocenters. The summed E-state index contributed by atoms with van der Waals surface area (Å²) in [6.45, 7) is 2.95. The standard InChI is InChI=1S/C20H16N6O.C2H6O/c1-26-7-6-12-13(8-21)17(24)19(10-22,11-23)20(15(12)9-26)14-4-2-3-5-16(14)25-18(20)27;1-2-3/h2-6,15H,7,9,24H2,1H3,(H,25,27);3H,2H2,1H3. The molecule has 2 aliphatic heterocycles.